The van der Waals surface area contributed by atoms with Crippen molar-refractivity contribution < 1.29 is 10.2 Å². The van der Waals surface area contributed by atoms with Crippen LogP contribution < -0.4 is 0 Å². The summed E-state index contributed by atoms with van der Waals surface area (Å²) in [6, 6.07) is 42.3. The zero-order chi connectivity index (χ0) is 32.6. The molecule has 0 aromatic heterocycles. The van der Waals surface area contributed by atoms with Crippen molar-refractivity contribution in [2.24, 2.45) is 0 Å². The molecule has 5 aromatic rings. The normalized spacial score (nSPS) is 12.7. The van der Waals surface area contributed by atoms with Crippen LogP contribution >= 0.6 is 0 Å². The molecule has 0 saturated carbocycles. The number of hydrogen-bond donors (Lipinski definition) is 2. The molecular weight excluding hydrogens is 548 g/mol. The average Bonchev–Trinajstić information content (AvgIpc) is 3.03. The van der Waals surface area contributed by atoms with Crippen molar-refractivity contribution in [2.45, 2.75) is 83.5 Å². The molecule has 0 aliphatic carbocycles. The Kier molecular flexibility index (Phi) is 8.49. The SMILES string of the molecule is CCC(c1ccccc1)(c1ccccc1)c1cc(C(C)(C)c2ccc(C(C)(C)c3ccc(O)cc3)cc2)cc(C(C)(C)C)c1O. The van der Waals surface area contributed by atoms with E-state index in [0.29, 0.717) is 5.75 Å². The summed E-state index contributed by atoms with van der Waals surface area (Å²) >= 11 is 0. The van der Waals surface area contributed by atoms with Gasteiger partial charge >= 0.3 is 0 Å². The maximum atomic E-state index is 12.2. The smallest absolute Gasteiger partial charge is 0.123 e. The highest BCUT2D eigenvalue weighted by atomic mass is 16.3. The third-order valence-corrected chi connectivity index (χ3v) is 10.1. The monoisotopic (exact) mass is 596 g/mol. The summed E-state index contributed by atoms with van der Waals surface area (Å²) in [5.74, 6) is 0.656. The van der Waals surface area contributed by atoms with E-state index in [2.05, 4.69) is 152 Å². The predicted molar refractivity (Wildman–Crippen MR) is 189 cm³/mol. The van der Waals surface area contributed by atoms with Gasteiger partial charge in [0.25, 0.3) is 0 Å². The van der Waals surface area contributed by atoms with Crippen LogP contribution in [0.4, 0.5) is 0 Å². The molecule has 2 heteroatoms. The molecule has 0 radical (unpaired) electrons. The van der Waals surface area contributed by atoms with Crippen LogP contribution in [0.2, 0.25) is 0 Å². The molecule has 0 fully saturated rings. The Labute approximate surface area is 270 Å². The number of phenols is 2. The first-order valence-corrected chi connectivity index (χ1v) is 16.1. The lowest BCUT2D eigenvalue weighted by Gasteiger charge is -2.39. The summed E-state index contributed by atoms with van der Waals surface area (Å²) < 4.78 is 0. The maximum absolute atomic E-state index is 12.2. The lowest BCUT2D eigenvalue weighted by molar-refractivity contribution is 0.423. The maximum Gasteiger partial charge on any atom is 0.123 e. The van der Waals surface area contributed by atoms with E-state index >= 15 is 0 Å². The Hall–Kier alpha value is -4.30. The van der Waals surface area contributed by atoms with Crippen molar-refractivity contribution in [3.05, 3.63) is 166 Å². The Balaban J connectivity index is 1.70. The zero-order valence-corrected chi connectivity index (χ0v) is 28.1. The zero-order valence-electron chi connectivity index (χ0n) is 28.1. The van der Waals surface area contributed by atoms with Crippen molar-refractivity contribution >= 4 is 0 Å². The minimum absolute atomic E-state index is 0.215. The Morgan fingerprint density at radius 2 is 0.822 bits per heavy atom. The highest BCUT2D eigenvalue weighted by Gasteiger charge is 2.40. The summed E-state index contributed by atoms with van der Waals surface area (Å²) in [4.78, 5) is 0. The van der Waals surface area contributed by atoms with Gasteiger partial charge in [-0.25, -0.2) is 0 Å². The van der Waals surface area contributed by atoms with Gasteiger partial charge in [0.05, 0.1) is 0 Å². The van der Waals surface area contributed by atoms with Gasteiger partial charge in [0.15, 0.2) is 0 Å². The molecule has 45 heavy (non-hydrogen) atoms. The highest BCUT2D eigenvalue weighted by molar-refractivity contribution is 5.61. The molecular formula is C43H48O2. The summed E-state index contributed by atoms with van der Waals surface area (Å²) in [6.45, 7) is 17.8. The van der Waals surface area contributed by atoms with Gasteiger partial charge in [-0.1, -0.05) is 159 Å². The van der Waals surface area contributed by atoms with E-state index in [0.717, 1.165) is 23.1 Å². The van der Waals surface area contributed by atoms with E-state index in [-0.39, 0.29) is 22.0 Å². The fraction of sp³-hybridized carbons (Fsp3) is 0.302. The molecule has 0 spiro atoms. The molecule has 0 amide bonds. The quantitative estimate of drug-likeness (QED) is 0.175. The van der Waals surface area contributed by atoms with Crippen LogP contribution in [0.1, 0.15) is 106 Å². The molecule has 0 aliphatic heterocycles. The summed E-state index contributed by atoms with van der Waals surface area (Å²) in [7, 11) is 0. The summed E-state index contributed by atoms with van der Waals surface area (Å²) in [6.07, 6.45) is 0.795. The fourth-order valence-corrected chi connectivity index (χ4v) is 6.93. The number of rotatable bonds is 8. The number of phenolic OH excluding ortho intramolecular Hbond substituents is 2. The van der Waals surface area contributed by atoms with Crippen LogP contribution in [0, 0.1) is 0 Å². The van der Waals surface area contributed by atoms with Gasteiger partial charge in [0.2, 0.25) is 0 Å². The van der Waals surface area contributed by atoms with Gasteiger partial charge in [-0.05, 0) is 69.0 Å². The molecule has 0 heterocycles. The lowest BCUT2D eigenvalue weighted by Crippen LogP contribution is -2.31. The Morgan fingerprint density at radius 1 is 0.444 bits per heavy atom. The summed E-state index contributed by atoms with van der Waals surface area (Å²) in [5, 5.41) is 22.0. The van der Waals surface area contributed by atoms with Gasteiger partial charge in [-0.2, -0.15) is 0 Å². The third-order valence-electron chi connectivity index (χ3n) is 10.1. The molecule has 2 N–H and O–H groups in total. The van der Waals surface area contributed by atoms with Gasteiger partial charge in [0, 0.05) is 21.8 Å². The van der Waals surface area contributed by atoms with Crippen molar-refractivity contribution in [3.63, 3.8) is 0 Å². The molecule has 5 rings (SSSR count). The van der Waals surface area contributed by atoms with Crippen LogP contribution in [0.25, 0.3) is 0 Å². The minimum Gasteiger partial charge on any atom is -0.508 e. The molecule has 0 saturated heterocycles. The molecule has 0 unspecified atom stereocenters. The standard InChI is InChI=1S/C43H48O2/c1-9-43(33-16-12-10-13-17-33,34-18-14-11-15-19-34)38-29-35(28-37(39(38)45)40(2,3)4)42(7,8)31-22-20-30(21-23-31)41(5,6)32-24-26-36(44)27-25-32/h10-29,44-45H,9H2,1-8H3. The molecule has 2 nitrogen and oxygen atoms in total. The van der Waals surface area contributed by atoms with Crippen molar-refractivity contribution in [1.29, 1.82) is 0 Å². The number of hydrogen-bond acceptors (Lipinski definition) is 2. The van der Waals surface area contributed by atoms with E-state index in [1.54, 1.807) is 12.1 Å². The van der Waals surface area contributed by atoms with Crippen molar-refractivity contribution in [2.75, 3.05) is 0 Å². The second kappa shape index (κ2) is 11.9. The number of aromatic hydroxyl groups is 2. The Bertz CT molecular complexity index is 1700. The first-order chi connectivity index (χ1) is 21.2. The van der Waals surface area contributed by atoms with E-state index < -0.39 is 5.41 Å². The van der Waals surface area contributed by atoms with Crippen LogP contribution in [-0.2, 0) is 21.7 Å². The molecule has 0 bridgehead atoms. The molecule has 5 aromatic carbocycles. The van der Waals surface area contributed by atoms with E-state index in [4.69, 9.17) is 0 Å². The summed E-state index contributed by atoms with van der Waals surface area (Å²) in [5.41, 5.74) is 7.66. The molecule has 0 atom stereocenters. The highest BCUT2D eigenvalue weighted by Crippen LogP contribution is 2.50. The van der Waals surface area contributed by atoms with Crippen LogP contribution in [0.5, 0.6) is 11.5 Å². The lowest BCUT2D eigenvalue weighted by atomic mass is 9.64. The van der Waals surface area contributed by atoms with Gasteiger partial charge in [-0.15, -0.1) is 0 Å². The van der Waals surface area contributed by atoms with Crippen LogP contribution in [0.15, 0.2) is 121 Å². The second-order valence-electron chi connectivity index (χ2n) is 14.5. The number of benzene rings is 5. The van der Waals surface area contributed by atoms with Gasteiger partial charge < -0.3 is 10.2 Å². The van der Waals surface area contributed by atoms with E-state index in [1.807, 2.05) is 12.1 Å². The minimum atomic E-state index is -0.531. The molecule has 232 valence electrons. The van der Waals surface area contributed by atoms with Gasteiger partial charge in [-0.3, -0.25) is 0 Å². The first-order valence-electron chi connectivity index (χ1n) is 16.1. The molecule has 0 aliphatic rings. The van der Waals surface area contributed by atoms with Crippen molar-refractivity contribution in [3.8, 4) is 11.5 Å². The second-order valence-corrected chi connectivity index (χ2v) is 14.5. The van der Waals surface area contributed by atoms with Crippen molar-refractivity contribution in [1.82, 2.24) is 0 Å². The topological polar surface area (TPSA) is 40.5 Å². The first kappa shape index (κ1) is 32.1. The fourth-order valence-electron chi connectivity index (χ4n) is 6.93. The van der Waals surface area contributed by atoms with Crippen LogP contribution in [0.3, 0.4) is 0 Å². The average molecular weight is 597 g/mol. The Morgan fingerprint density at radius 3 is 1.22 bits per heavy atom. The van der Waals surface area contributed by atoms with E-state index in [1.165, 1.54) is 27.8 Å². The van der Waals surface area contributed by atoms with E-state index in [9.17, 15) is 10.2 Å². The van der Waals surface area contributed by atoms with Gasteiger partial charge in [0.1, 0.15) is 11.5 Å². The largest absolute Gasteiger partial charge is 0.508 e. The predicted octanol–water partition coefficient (Wildman–Crippen LogP) is 10.8. The third kappa shape index (κ3) is 5.79. The van der Waals surface area contributed by atoms with Crippen LogP contribution in [-0.4, -0.2) is 10.2 Å².